The van der Waals surface area contributed by atoms with Gasteiger partial charge in [-0.15, -0.1) is 0 Å². The lowest BCUT2D eigenvalue weighted by Crippen LogP contribution is -2.11. The third-order valence-corrected chi connectivity index (χ3v) is 2.78. The molecule has 0 saturated heterocycles. The van der Waals surface area contributed by atoms with Gasteiger partial charge in [-0.1, -0.05) is 15.9 Å². The van der Waals surface area contributed by atoms with E-state index in [1.807, 2.05) is 0 Å². The number of alkyl halides is 3. The highest BCUT2D eigenvalue weighted by Gasteiger charge is 2.22. The van der Waals surface area contributed by atoms with Gasteiger partial charge in [-0.25, -0.2) is 13.6 Å². The van der Waals surface area contributed by atoms with Crippen molar-refractivity contribution in [3.05, 3.63) is 28.6 Å². The molecule has 0 aliphatic heterocycles. The van der Waals surface area contributed by atoms with Gasteiger partial charge in [-0.2, -0.15) is 0 Å². The Bertz CT molecular complexity index is 410. The third-order valence-electron chi connectivity index (χ3n) is 2.18. The monoisotopic (exact) mass is 293 g/mol. The number of methoxy groups -OCH3 is 1. The van der Waals surface area contributed by atoms with Gasteiger partial charge < -0.3 is 4.74 Å². The average molecular weight is 294 g/mol. The van der Waals surface area contributed by atoms with E-state index in [1.54, 1.807) is 0 Å². The van der Waals surface area contributed by atoms with Crippen LogP contribution in [0.2, 0.25) is 0 Å². The zero-order valence-corrected chi connectivity index (χ0v) is 10.3. The van der Waals surface area contributed by atoms with Crippen LogP contribution >= 0.6 is 15.9 Å². The summed E-state index contributed by atoms with van der Waals surface area (Å²) in [6, 6.07) is 0. The summed E-state index contributed by atoms with van der Waals surface area (Å²) in [4.78, 5) is 15.1. The zero-order valence-electron chi connectivity index (χ0n) is 8.76. The standard InChI is InChI=1S/C10H10BrF2NO2/c1-5-7(10(15)16-2)6(3-11)4-14-8(5)9(12)13/h4,9H,3H2,1-2H3. The van der Waals surface area contributed by atoms with E-state index >= 15 is 0 Å². The number of nitrogens with zero attached hydrogens (tertiary/aromatic N) is 1. The fourth-order valence-electron chi connectivity index (χ4n) is 1.39. The van der Waals surface area contributed by atoms with Crippen LogP contribution in [0.3, 0.4) is 0 Å². The van der Waals surface area contributed by atoms with E-state index in [0.29, 0.717) is 10.9 Å². The summed E-state index contributed by atoms with van der Waals surface area (Å²) in [5, 5.41) is 0.356. The molecule has 0 fully saturated rings. The van der Waals surface area contributed by atoms with Gasteiger partial charge in [0.1, 0.15) is 5.69 Å². The average Bonchev–Trinajstić information content (AvgIpc) is 2.26. The van der Waals surface area contributed by atoms with Gasteiger partial charge in [0.25, 0.3) is 6.43 Å². The number of carbonyl (C=O) groups excluding carboxylic acids is 1. The maximum Gasteiger partial charge on any atom is 0.338 e. The molecular formula is C10H10BrF2NO2. The number of pyridine rings is 1. The molecule has 88 valence electrons. The first-order chi connectivity index (χ1) is 7.52. The first-order valence-corrected chi connectivity index (χ1v) is 5.55. The molecule has 0 unspecified atom stereocenters. The van der Waals surface area contributed by atoms with Crippen molar-refractivity contribution in [2.75, 3.05) is 7.11 Å². The predicted molar refractivity (Wildman–Crippen MR) is 57.9 cm³/mol. The van der Waals surface area contributed by atoms with E-state index < -0.39 is 12.4 Å². The van der Waals surface area contributed by atoms with Gasteiger partial charge in [0.15, 0.2) is 0 Å². The van der Waals surface area contributed by atoms with Crippen LogP contribution in [0.5, 0.6) is 0 Å². The Balaban J connectivity index is 3.40. The molecule has 6 heteroatoms. The van der Waals surface area contributed by atoms with Crippen LogP contribution in [0, 0.1) is 6.92 Å². The molecule has 1 heterocycles. The van der Waals surface area contributed by atoms with Gasteiger partial charge in [0.05, 0.1) is 12.7 Å². The highest BCUT2D eigenvalue weighted by Crippen LogP contribution is 2.26. The van der Waals surface area contributed by atoms with Crippen LogP contribution in [0.4, 0.5) is 8.78 Å². The Kier molecular flexibility index (Phi) is 4.35. The first kappa shape index (κ1) is 13.0. The number of rotatable bonds is 3. The van der Waals surface area contributed by atoms with Crippen LogP contribution in [-0.4, -0.2) is 18.1 Å². The predicted octanol–water partition coefficient (Wildman–Crippen LogP) is 3.01. The first-order valence-electron chi connectivity index (χ1n) is 4.43. The van der Waals surface area contributed by atoms with Crippen molar-refractivity contribution in [3.8, 4) is 0 Å². The van der Waals surface area contributed by atoms with Gasteiger partial charge in [0, 0.05) is 11.5 Å². The molecule has 0 N–H and O–H groups in total. The van der Waals surface area contributed by atoms with Gasteiger partial charge in [0.2, 0.25) is 0 Å². The molecule has 0 aliphatic carbocycles. The molecule has 16 heavy (non-hydrogen) atoms. The molecule has 0 saturated carbocycles. The van der Waals surface area contributed by atoms with Gasteiger partial charge >= 0.3 is 5.97 Å². The number of aromatic nitrogens is 1. The molecule has 0 radical (unpaired) electrons. The van der Waals surface area contributed by atoms with Crippen molar-refractivity contribution in [1.29, 1.82) is 0 Å². The molecule has 0 amide bonds. The molecule has 0 spiro atoms. The molecule has 1 rings (SSSR count). The largest absolute Gasteiger partial charge is 0.465 e. The maximum absolute atomic E-state index is 12.6. The van der Waals surface area contributed by atoms with Gasteiger partial charge in [-0.05, 0) is 18.1 Å². The molecule has 0 aromatic carbocycles. The van der Waals surface area contributed by atoms with Crippen LogP contribution in [0.25, 0.3) is 0 Å². The highest BCUT2D eigenvalue weighted by atomic mass is 79.9. The van der Waals surface area contributed by atoms with E-state index in [9.17, 15) is 13.6 Å². The van der Waals surface area contributed by atoms with E-state index in [2.05, 4.69) is 25.7 Å². The van der Waals surface area contributed by atoms with E-state index in [4.69, 9.17) is 0 Å². The molecule has 0 bridgehead atoms. The molecule has 3 nitrogen and oxygen atoms in total. The van der Waals surface area contributed by atoms with Crippen molar-refractivity contribution < 1.29 is 18.3 Å². The van der Waals surface area contributed by atoms with Crippen molar-refractivity contribution in [2.45, 2.75) is 18.7 Å². The highest BCUT2D eigenvalue weighted by molar-refractivity contribution is 9.08. The Labute approximate surface area is 99.9 Å². The normalized spacial score (nSPS) is 10.6. The molecule has 1 aromatic heterocycles. The summed E-state index contributed by atoms with van der Waals surface area (Å²) in [6.45, 7) is 1.44. The zero-order chi connectivity index (χ0) is 12.3. The second kappa shape index (κ2) is 5.34. The van der Waals surface area contributed by atoms with Crippen LogP contribution in [0.15, 0.2) is 6.20 Å². The number of carbonyl (C=O) groups is 1. The smallest absolute Gasteiger partial charge is 0.338 e. The minimum absolute atomic E-state index is 0.157. The van der Waals surface area contributed by atoms with Gasteiger partial charge in [-0.3, -0.25) is 4.98 Å². The Hall–Kier alpha value is -1.04. The number of hydrogen-bond acceptors (Lipinski definition) is 3. The number of halogens is 3. The van der Waals surface area contributed by atoms with Crippen molar-refractivity contribution >= 4 is 21.9 Å². The Morgan fingerprint density at radius 2 is 2.25 bits per heavy atom. The van der Waals surface area contributed by atoms with Crippen LogP contribution < -0.4 is 0 Å². The van der Waals surface area contributed by atoms with E-state index in [0.717, 1.165) is 0 Å². The molecular weight excluding hydrogens is 284 g/mol. The van der Waals surface area contributed by atoms with Crippen molar-refractivity contribution in [1.82, 2.24) is 4.98 Å². The topological polar surface area (TPSA) is 39.2 Å². The summed E-state index contributed by atoms with van der Waals surface area (Å²) >= 11 is 3.17. The molecule has 1 aromatic rings. The Morgan fingerprint density at radius 1 is 1.62 bits per heavy atom. The fraction of sp³-hybridized carbons (Fsp3) is 0.400. The second-order valence-corrected chi connectivity index (χ2v) is 3.66. The minimum Gasteiger partial charge on any atom is -0.465 e. The number of hydrogen-bond donors (Lipinski definition) is 0. The Morgan fingerprint density at radius 3 is 2.69 bits per heavy atom. The summed E-state index contributed by atoms with van der Waals surface area (Å²) in [5.74, 6) is -0.628. The quantitative estimate of drug-likeness (QED) is 0.635. The second-order valence-electron chi connectivity index (χ2n) is 3.09. The van der Waals surface area contributed by atoms with E-state index in [-0.39, 0.29) is 16.8 Å². The number of esters is 1. The summed E-state index contributed by atoms with van der Waals surface area (Å²) in [7, 11) is 1.21. The van der Waals surface area contributed by atoms with Crippen LogP contribution in [0.1, 0.15) is 33.6 Å². The van der Waals surface area contributed by atoms with Crippen molar-refractivity contribution in [3.63, 3.8) is 0 Å². The van der Waals surface area contributed by atoms with Crippen LogP contribution in [-0.2, 0) is 10.1 Å². The lowest BCUT2D eigenvalue weighted by Gasteiger charge is -2.11. The lowest BCUT2D eigenvalue weighted by atomic mass is 10.0. The molecule has 0 aliphatic rings. The summed E-state index contributed by atoms with van der Waals surface area (Å²) in [5.41, 5.74) is 0.474. The minimum atomic E-state index is -2.70. The number of ether oxygens (including phenoxy) is 1. The summed E-state index contributed by atoms with van der Waals surface area (Å²) < 4.78 is 29.7. The third kappa shape index (κ3) is 2.37. The van der Waals surface area contributed by atoms with E-state index in [1.165, 1.54) is 20.2 Å². The fourth-order valence-corrected chi connectivity index (χ4v) is 1.81. The van der Waals surface area contributed by atoms with Crippen molar-refractivity contribution in [2.24, 2.45) is 0 Å². The molecule has 0 atom stereocenters. The lowest BCUT2D eigenvalue weighted by molar-refractivity contribution is 0.0598. The maximum atomic E-state index is 12.6. The summed E-state index contributed by atoms with van der Waals surface area (Å²) in [6.07, 6.45) is -1.44. The SMILES string of the molecule is COC(=O)c1c(CBr)cnc(C(F)F)c1C.